The highest BCUT2D eigenvalue weighted by molar-refractivity contribution is 6.35. The molecule has 0 aliphatic heterocycles. The molecule has 1 heterocycles. The average Bonchev–Trinajstić information content (AvgIpc) is 3.10. The van der Waals surface area contributed by atoms with Crippen LogP contribution in [-0.2, 0) is 18.5 Å². The van der Waals surface area contributed by atoms with Gasteiger partial charge >= 0.3 is 0 Å². The van der Waals surface area contributed by atoms with Crippen LogP contribution in [0.3, 0.4) is 0 Å². The molecule has 0 unspecified atom stereocenters. The second-order valence-electron chi connectivity index (χ2n) is 6.84. The summed E-state index contributed by atoms with van der Waals surface area (Å²) in [5.41, 5.74) is 1.62. The Morgan fingerprint density at radius 3 is 2.44 bits per heavy atom. The van der Waals surface area contributed by atoms with Crippen LogP contribution >= 0.6 is 23.2 Å². The van der Waals surface area contributed by atoms with Gasteiger partial charge in [-0.2, -0.15) is 0 Å². The fourth-order valence-corrected chi connectivity index (χ4v) is 3.21. The molecule has 1 amide bonds. The van der Waals surface area contributed by atoms with Gasteiger partial charge < -0.3 is 5.32 Å². The Kier molecular flexibility index (Phi) is 5.82. The van der Waals surface area contributed by atoms with E-state index < -0.39 is 5.54 Å². The van der Waals surface area contributed by atoms with Gasteiger partial charge in [-0.15, -0.1) is 5.10 Å². The summed E-state index contributed by atoms with van der Waals surface area (Å²) in [6.45, 7) is 4.47. The lowest BCUT2D eigenvalue weighted by atomic mass is 10.0. The molecular weight excluding hydrogens is 383 g/mol. The van der Waals surface area contributed by atoms with Gasteiger partial charge in [-0.1, -0.05) is 58.7 Å². The molecular formula is C20H20Cl2N4O. The van der Waals surface area contributed by atoms with Crippen molar-refractivity contribution in [2.45, 2.75) is 32.4 Å². The fraction of sp³-hybridized carbons (Fsp3) is 0.250. The summed E-state index contributed by atoms with van der Waals surface area (Å²) < 4.78 is 1.78. The Labute approximate surface area is 168 Å². The monoisotopic (exact) mass is 402 g/mol. The summed E-state index contributed by atoms with van der Waals surface area (Å²) in [5, 5.41) is 12.2. The fourth-order valence-electron chi connectivity index (χ4n) is 2.69. The number of rotatable bonds is 6. The van der Waals surface area contributed by atoms with Crippen molar-refractivity contribution < 1.29 is 4.79 Å². The molecule has 0 saturated carbocycles. The van der Waals surface area contributed by atoms with Crippen LogP contribution in [0.2, 0.25) is 10.0 Å². The van der Waals surface area contributed by atoms with Gasteiger partial charge in [-0.05, 0) is 44.0 Å². The van der Waals surface area contributed by atoms with E-state index >= 15 is 0 Å². The summed E-state index contributed by atoms with van der Waals surface area (Å²) in [7, 11) is 0. The number of halogens is 2. The molecule has 27 heavy (non-hydrogen) atoms. The summed E-state index contributed by atoms with van der Waals surface area (Å²) in [4.78, 5) is 12.6. The highest BCUT2D eigenvalue weighted by Crippen LogP contribution is 2.22. The van der Waals surface area contributed by atoms with E-state index in [1.165, 1.54) is 5.56 Å². The molecule has 5 nitrogen and oxygen atoms in total. The van der Waals surface area contributed by atoms with E-state index in [-0.39, 0.29) is 5.91 Å². The molecule has 1 N–H and O–H groups in total. The van der Waals surface area contributed by atoms with Crippen LogP contribution in [0, 0.1) is 0 Å². The van der Waals surface area contributed by atoms with E-state index in [1.807, 2.05) is 38.2 Å². The van der Waals surface area contributed by atoms with Crippen LogP contribution in [0.15, 0.2) is 54.7 Å². The van der Waals surface area contributed by atoms with Gasteiger partial charge in [-0.25, -0.2) is 0 Å². The topological polar surface area (TPSA) is 59.8 Å². The Morgan fingerprint density at radius 2 is 1.78 bits per heavy atom. The van der Waals surface area contributed by atoms with E-state index in [2.05, 4.69) is 27.8 Å². The van der Waals surface area contributed by atoms with Gasteiger partial charge in [0.05, 0.1) is 11.7 Å². The predicted molar refractivity (Wildman–Crippen MR) is 107 cm³/mol. The van der Waals surface area contributed by atoms with Gasteiger partial charge in [-0.3, -0.25) is 9.48 Å². The van der Waals surface area contributed by atoms with Crippen LogP contribution in [0.25, 0.3) is 0 Å². The van der Waals surface area contributed by atoms with Crippen molar-refractivity contribution in [3.05, 3.63) is 81.6 Å². The Bertz CT molecular complexity index is 918. The SMILES string of the molecule is CC(C)(NC(=O)c1cc(Cl)cc(Cl)c1)c1cn(CCc2ccccc2)nn1. The molecule has 1 aromatic heterocycles. The number of nitrogens with zero attached hydrogens (tertiary/aromatic N) is 3. The molecule has 3 rings (SSSR count). The highest BCUT2D eigenvalue weighted by Gasteiger charge is 2.27. The second-order valence-corrected chi connectivity index (χ2v) is 7.71. The van der Waals surface area contributed by atoms with Crippen LogP contribution in [0.1, 0.15) is 35.5 Å². The molecule has 0 saturated heterocycles. The third-order valence-corrected chi connectivity index (χ3v) is 4.64. The molecule has 0 fully saturated rings. The highest BCUT2D eigenvalue weighted by atomic mass is 35.5. The van der Waals surface area contributed by atoms with Gasteiger partial charge in [0.25, 0.3) is 5.91 Å². The summed E-state index contributed by atoms with van der Waals surface area (Å²) in [6, 6.07) is 14.9. The third kappa shape index (κ3) is 5.08. The standard InChI is InChI=1S/C20H20Cl2N4O/c1-20(2,23-19(27)15-10-16(21)12-17(22)11-15)18-13-26(25-24-18)9-8-14-6-4-3-5-7-14/h3-7,10-13H,8-9H2,1-2H3,(H,23,27). The Balaban J connectivity index is 1.67. The molecule has 0 aliphatic carbocycles. The maximum atomic E-state index is 12.6. The molecule has 2 aromatic carbocycles. The van der Waals surface area contributed by atoms with Crippen molar-refractivity contribution in [1.82, 2.24) is 20.3 Å². The van der Waals surface area contributed by atoms with Gasteiger partial charge in [0.15, 0.2) is 0 Å². The number of hydrogen-bond acceptors (Lipinski definition) is 3. The number of benzene rings is 2. The second kappa shape index (κ2) is 8.11. The summed E-state index contributed by atoms with van der Waals surface area (Å²) in [5.74, 6) is -0.275. The van der Waals surface area contributed by atoms with Crippen LogP contribution in [-0.4, -0.2) is 20.9 Å². The Morgan fingerprint density at radius 1 is 1.11 bits per heavy atom. The summed E-state index contributed by atoms with van der Waals surface area (Å²) >= 11 is 12.0. The lowest BCUT2D eigenvalue weighted by Gasteiger charge is -2.23. The minimum atomic E-state index is -0.698. The minimum Gasteiger partial charge on any atom is -0.341 e. The zero-order valence-electron chi connectivity index (χ0n) is 15.1. The maximum absolute atomic E-state index is 12.6. The van der Waals surface area contributed by atoms with Crippen LogP contribution < -0.4 is 5.32 Å². The van der Waals surface area contributed by atoms with Gasteiger partial charge in [0, 0.05) is 22.2 Å². The number of hydrogen-bond donors (Lipinski definition) is 1. The first-order chi connectivity index (χ1) is 12.8. The third-order valence-electron chi connectivity index (χ3n) is 4.20. The average molecular weight is 403 g/mol. The molecule has 7 heteroatoms. The van der Waals surface area contributed by atoms with Gasteiger partial charge in [0.2, 0.25) is 0 Å². The number of aryl methyl sites for hydroxylation is 2. The van der Waals surface area contributed by atoms with Crippen molar-refractivity contribution in [3.8, 4) is 0 Å². The number of carbonyl (C=O) groups excluding carboxylic acids is 1. The predicted octanol–water partition coefficient (Wildman–Crippen LogP) is 4.49. The smallest absolute Gasteiger partial charge is 0.252 e. The van der Waals surface area contributed by atoms with Crippen molar-refractivity contribution in [2.24, 2.45) is 0 Å². The van der Waals surface area contributed by atoms with Crippen LogP contribution in [0.4, 0.5) is 0 Å². The molecule has 0 spiro atoms. The number of carbonyl (C=O) groups is 1. The molecule has 0 aliphatic rings. The van der Waals surface area contributed by atoms with Crippen molar-refractivity contribution >= 4 is 29.1 Å². The number of amides is 1. The normalized spacial score (nSPS) is 11.4. The van der Waals surface area contributed by atoms with Crippen molar-refractivity contribution in [3.63, 3.8) is 0 Å². The van der Waals surface area contributed by atoms with E-state index in [1.54, 1.807) is 22.9 Å². The molecule has 0 atom stereocenters. The van der Waals surface area contributed by atoms with Crippen molar-refractivity contribution in [1.29, 1.82) is 0 Å². The summed E-state index contributed by atoms with van der Waals surface area (Å²) in [6.07, 6.45) is 2.71. The Hall–Kier alpha value is -2.37. The zero-order valence-corrected chi connectivity index (χ0v) is 16.6. The first kappa shape index (κ1) is 19.4. The molecule has 0 radical (unpaired) electrons. The van der Waals surface area contributed by atoms with E-state index in [0.717, 1.165) is 6.42 Å². The number of aromatic nitrogens is 3. The maximum Gasteiger partial charge on any atom is 0.252 e. The largest absolute Gasteiger partial charge is 0.341 e. The zero-order chi connectivity index (χ0) is 19.4. The lowest BCUT2D eigenvalue weighted by Crippen LogP contribution is -2.41. The molecule has 0 bridgehead atoms. The quantitative estimate of drug-likeness (QED) is 0.660. The molecule has 140 valence electrons. The van der Waals surface area contributed by atoms with Gasteiger partial charge in [0.1, 0.15) is 5.69 Å². The van der Waals surface area contributed by atoms with E-state index in [0.29, 0.717) is 27.8 Å². The van der Waals surface area contributed by atoms with E-state index in [9.17, 15) is 4.79 Å². The lowest BCUT2D eigenvalue weighted by molar-refractivity contribution is 0.0910. The van der Waals surface area contributed by atoms with Crippen molar-refractivity contribution in [2.75, 3.05) is 0 Å². The first-order valence-electron chi connectivity index (χ1n) is 8.57. The van der Waals surface area contributed by atoms with E-state index in [4.69, 9.17) is 23.2 Å². The first-order valence-corrected chi connectivity index (χ1v) is 9.32. The van der Waals surface area contributed by atoms with Crippen LogP contribution in [0.5, 0.6) is 0 Å². The minimum absolute atomic E-state index is 0.275. The number of nitrogens with one attached hydrogen (secondary N) is 1. The molecule has 3 aromatic rings.